The molecule has 1 aliphatic heterocycles. The Kier molecular flexibility index (Phi) is 2.98. The van der Waals surface area contributed by atoms with Crippen LogP contribution in [0.3, 0.4) is 0 Å². The lowest BCUT2D eigenvalue weighted by atomic mass is 9.70. The van der Waals surface area contributed by atoms with Crippen LogP contribution in [0.2, 0.25) is 0 Å². The minimum absolute atomic E-state index is 0.121. The van der Waals surface area contributed by atoms with Crippen LogP contribution in [-0.2, 0) is 14.3 Å². The molecule has 0 amide bonds. The van der Waals surface area contributed by atoms with Crippen molar-refractivity contribution in [2.24, 2.45) is 11.8 Å². The van der Waals surface area contributed by atoms with Crippen molar-refractivity contribution in [1.82, 2.24) is 0 Å². The Balaban J connectivity index is 1.94. The molecule has 4 heteroatoms. The Labute approximate surface area is 114 Å². The van der Waals surface area contributed by atoms with Gasteiger partial charge in [-0.1, -0.05) is 34.5 Å². The smallest absolute Gasteiger partial charge is 0.318 e. The molecule has 0 bridgehead atoms. The molecule has 1 aromatic rings. The highest BCUT2D eigenvalue weighted by atomic mass is 79.9. The Bertz CT molecular complexity index is 494. The van der Waals surface area contributed by atoms with Crippen molar-refractivity contribution in [2.45, 2.75) is 25.2 Å². The fourth-order valence-electron chi connectivity index (χ4n) is 3.12. The topological polar surface area (TPSA) is 43.4 Å². The predicted octanol–water partition coefficient (Wildman–Crippen LogP) is 3.03. The molecule has 0 unspecified atom stereocenters. The Morgan fingerprint density at radius 2 is 1.67 bits per heavy atom. The van der Waals surface area contributed by atoms with Gasteiger partial charge in [0.05, 0.1) is 11.8 Å². The number of esters is 2. The Morgan fingerprint density at radius 3 is 2.39 bits per heavy atom. The summed E-state index contributed by atoms with van der Waals surface area (Å²) in [5.41, 5.74) is 1.12. The second kappa shape index (κ2) is 4.50. The molecule has 1 aromatic carbocycles. The highest BCUT2D eigenvalue weighted by Gasteiger charge is 2.50. The summed E-state index contributed by atoms with van der Waals surface area (Å²) in [7, 11) is 0. The largest absolute Gasteiger partial charge is 0.393 e. The van der Waals surface area contributed by atoms with Gasteiger partial charge in [0, 0.05) is 4.47 Å². The van der Waals surface area contributed by atoms with Crippen molar-refractivity contribution in [2.75, 3.05) is 0 Å². The molecular formula is C14H13BrO3. The van der Waals surface area contributed by atoms with Gasteiger partial charge in [0.25, 0.3) is 0 Å². The van der Waals surface area contributed by atoms with E-state index in [1.165, 1.54) is 0 Å². The first-order chi connectivity index (χ1) is 8.66. The first-order valence-electron chi connectivity index (χ1n) is 6.18. The van der Waals surface area contributed by atoms with Gasteiger partial charge in [0.1, 0.15) is 0 Å². The number of cyclic esters (lactones) is 2. The highest BCUT2D eigenvalue weighted by molar-refractivity contribution is 9.10. The van der Waals surface area contributed by atoms with E-state index in [9.17, 15) is 9.59 Å². The molecule has 94 valence electrons. The van der Waals surface area contributed by atoms with Gasteiger partial charge in [-0.3, -0.25) is 9.59 Å². The zero-order valence-electron chi connectivity index (χ0n) is 9.77. The van der Waals surface area contributed by atoms with Crippen LogP contribution in [0.1, 0.15) is 30.7 Å². The molecule has 1 heterocycles. The van der Waals surface area contributed by atoms with Gasteiger partial charge < -0.3 is 4.74 Å². The van der Waals surface area contributed by atoms with E-state index in [-0.39, 0.29) is 29.7 Å². The van der Waals surface area contributed by atoms with E-state index >= 15 is 0 Å². The van der Waals surface area contributed by atoms with E-state index < -0.39 is 0 Å². The monoisotopic (exact) mass is 308 g/mol. The number of benzene rings is 1. The summed E-state index contributed by atoms with van der Waals surface area (Å²) in [5.74, 6) is -1.03. The second-order valence-corrected chi connectivity index (χ2v) is 5.88. The highest BCUT2D eigenvalue weighted by Crippen LogP contribution is 2.45. The molecule has 0 radical (unpaired) electrons. The van der Waals surface area contributed by atoms with E-state index in [0.29, 0.717) is 0 Å². The van der Waals surface area contributed by atoms with Crippen LogP contribution >= 0.6 is 15.9 Å². The molecule has 2 fully saturated rings. The van der Waals surface area contributed by atoms with Crippen LogP contribution in [0.5, 0.6) is 0 Å². The van der Waals surface area contributed by atoms with Crippen LogP contribution in [-0.4, -0.2) is 11.9 Å². The fraction of sp³-hybridized carbons (Fsp3) is 0.429. The molecule has 3 rings (SSSR count). The lowest BCUT2D eigenvalue weighted by Gasteiger charge is -2.29. The van der Waals surface area contributed by atoms with E-state index in [4.69, 9.17) is 4.74 Å². The Hall–Kier alpha value is -1.16. The number of hydrogen-bond donors (Lipinski definition) is 0. The number of fused-ring (bicyclic) bond motifs is 1. The third-order valence-electron chi connectivity index (χ3n) is 3.97. The average Bonchev–Trinajstić information content (AvgIpc) is 2.66. The third-order valence-corrected chi connectivity index (χ3v) is 4.50. The first kappa shape index (κ1) is 11.9. The molecular weight excluding hydrogens is 296 g/mol. The van der Waals surface area contributed by atoms with Crippen LogP contribution in [0.4, 0.5) is 0 Å². The van der Waals surface area contributed by atoms with Crippen LogP contribution in [0, 0.1) is 11.8 Å². The van der Waals surface area contributed by atoms with Gasteiger partial charge in [-0.25, -0.2) is 0 Å². The number of rotatable bonds is 1. The van der Waals surface area contributed by atoms with Crippen LogP contribution in [0.15, 0.2) is 28.7 Å². The number of ether oxygens (including phenoxy) is 1. The Morgan fingerprint density at radius 1 is 1.00 bits per heavy atom. The standard InChI is InChI=1S/C14H13BrO3/c15-9-6-4-8(5-7-9)10-2-1-3-11-12(10)14(17)18-13(11)16/h4-7,10-12H,1-3H2/t10-,11-,12+/m1/s1. The SMILES string of the molecule is O=C1OC(=O)[C@@H]2CCC[C@H](c3ccc(Br)cc3)[C@H]12. The van der Waals surface area contributed by atoms with Crippen molar-refractivity contribution in [1.29, 1.82) is 0 Å². The van der Waals surface area contributed by atoms with E-state index in [1.807, 2.05) is 24.3 Å². The quantitative estimate of drug-likeness (QED) is 0.591. The summed E-state index contributed by atoms with van der Waals surface area (Å²) in [5, 5.41) is 0. The summed E-state index contributed by atoms with van der Waals surface area (Å²) >= 11 is 3.40. The number of halogens is 1. The molecule has 3 nitrogen and oxygen atoms in total. The summed E-state index contributed by atoms with van der Waals surface area (Å²) in [6.45, 7) is 0. The van der Waals surface area contributed by atoms with Crippen LogP contribution in [0.25, 0.3) is 0 Å². The van der Waals surface area contributed by atoms with Gasteiger partial charge in [0.15, 0.2) is 0 Å². The zero-order valence-corrected chi connectivity index (χ0v) is 11.4. The predicted molar refractivity (Wildman–Crippen MR) is 68.8 cm³/mol. The molecule has 1 aliphatic carbocycles. The van der Waals surface area contributed by atoms with Crippen molar-refractivity contribution in [3.63, 3.8) is 0 Å². The normalized spacial score (nSPS) is 31.1. The molecule has 3 atom stereocenters. The van der Waals surface area contributed by atoms with Gasteiger partial charge in [-0.05, 0) is 36.5 Å². The minimum Gasteiger partial charge on any atom is -0.393 e. The summed E-state index contributed by atoms with van der Waals surface area (Å²) in [4.78, 5) is 23.4. The van der Waals surface area contributed by atoms with E-state index in [1.54, 1.807) is 0 Å². The summed E-state index contributed by atoms with van der Waals surface area (Å²) in [6.07, 6.45) is 2.71. The molecule has 1 saturated carbocycles. The molecule has 1 saturated heterocycles. The maximum absolute atomic E-state index is 11.8. The molecule has 0 spiro atoms. The third kappa shape index (κ3) is 1.88. The number of carbonyl (C=O) groups is 2. The lowest BCUT2D eigenvalue weighted by Crippen LogP contribution is -2.29. The van der Waals surface area contributed by atoms with Crippen molar-refractivity contribution in [3.05, 3.63) is 34.3 Å². The molecule has 0 N–H and O–H groups in total. The van der Waals surface area contributed by atoms with E-state index in [0.717, 1.165) is 29.3 Å². The molecule has 0 aromatic heterocycles. The fourth-order valence-corrected chi connectivity index (χ4v) is 3.38. The second-order valence-electron chi connectivity index (χ2n) is 4.96. The average molecular weight is 309 g/mol. The number of carbonyl (C=O) groups excluding carboxylic acids is 2. The molecule has 18 heavy (non-hydrogen) atoms. The van der Waals surface area contributed by atoms with Gasteiger partial charge in [-0.2, -0.15) is 0 Å². The number of hydrogen-bond acceptors (Lipinski definition) is 3. The van der Waals surface area contributed by atoms with Gasteiger partial charge in [0.2, 0.25) is 0 Å². The van der Waals surface area contributed by atoms with Crippen LogP contribution < -0.4 is 0 Å². The van der Waals surface area contributed by atoms with Crippen molar-refractivity contribution >= 4 is 27.9 Å². The van der Waals surface area contributed by atoms with Gasteiger partial charge in [-0.15, -0.1) is 0 Å². The van der Waals surface area contributed by atoms with Crippen molar-refractivity contribution < 1.29 is 14.3 Å². The lowest BCUT2D eigenvalue weighted by molar-refractivity contribution is -0.153. The van der Waals surface area contributed by atoms with E-state index in [2.05, 4.69) is 15.9 Å². The first-order valence-corrected chi connectivity index (χ1v) is 6.97. The van der Waals surface area contributed by atoms with Gasteiger partial charge >= 0.3 is 11.9 Å². The minimum atomic E-state index is -0.336. The molecule has 2 aliphatic rings. The van der Waals surface area contributed by atoms with Crippen molar-refractivity contribution in [3.8, 4) is 0 Å². The summed E-state index contributed by atoms with van der Waals surface area (Å²) in [6, 6.07) is 7.99. The summed E-state index contributed by atoms with van der Waals surface area (Å²) < 4.78 is 5.81. The zero-order chi connectivity index (χ0) is 12.7. The maximum Gasteiger partial charge on any atom is 0.318 e. The maximum atomic E-state index is 11.8.